The Labute approximate surface area is 171 Å². The highest BCUT2D eigenvalue weighted by Gasteiger charge is 2.39. The molecule has 0 spiro atoms. The number of rotatable bonds is 5. The van der Waals surface area contributed by atoms with Crippen LogP contribution in [-0.4, -0.2) is 29.2 Å². The molecule has 2 aliphatic rings. The number of anilines is 1. The monoisotopic (exact) mass is 390 g/mol. The minimum atomic E-state index is -0.245. The smallest absolute Gasteiger partial charge is 0.261 e. The first-order valence-electron chi connectivity index (χ1n) is 10.4. The molecule has 5 heteroatoms. The maximum atomic E-state index is 13.0. The maximum absolute atomic E-state index is 13.0. The minimum Gasteiger partial charge on any atom is -0.326 e. The number of carbonyl (C=O) groups is 3. The van der Waals surface area contributed by atoms with E-state index in [9.17, 15) is 14.4 Å². The van der Waals surface area contributed by atoms with E-state index < -0.39 is 0 Å². The number of benzene rings is 2. The predicted molar refractivity (Wildman–Crippen MR) is 112 cm³/mol. The first-order chi connectivity index (χ1) is 14.1. The van der Waals surface area contributed by atoms with Gasteiger partial charge < -0.3 is 5.32 Å². The van der Waals surface area contributed by atoms with Crippen molar-refractivity contribution in [3.05, 3.63) is 65.2 Å². The molecule has 5 nitrogen and oxygen atoms in total. The second-order valence-electron chi connectivity index (χ2n) is 7.96. The number of fused-ring (bicyclic) bond motifs is 1. The highest BCUT2D eigenvalue weighted by Crippen LogP contribution is 2.34. The van der Waals surface area contributed by atoms with Gasteiger partial charge in [0.25, 0.3) is 11.8 Å². The van der Waals surface area contributed by atoms with Gasteiger partial charge in [-0.15, -0.1) is 0 Å². The van der Waals surface area contributed by atoms with Gasteiger partial charge in [-0.3, -0.25) is 19.3 Å². The Hall–Kier alpha value is -2.95. The number of aryl methyl sites for hydroxylation is 1. The Morgan fingerprint density at radius 2 is 1.59 bits per heavy atom. The van der Waals surface area contributed by atoms with Crippen molar-refractivity contribution in [2.75, 3.05) is 11.9 Å². The Bertz CT molecular complexity index is 900. The standard InChI is InChI=1S/C24H26N2O3/c1-2-16-11-13-18(14-12-16)25-22(27)19-8-4-3-7-17(19)15-26-23(28)20-9-5-6-10-21(20)24(26)29/h5-6,9-14,17,19H,2-4,7-8,15H2,1H3,(H,25,27). The van der Waals surface area contributed by atoms with Gasteiger partial charge in [0.2, 0.25) is 5.91 Å². The van der Waals surface area contributed by atoms with Crippen LogP contribution in [-0.2, 0) is 11.2 Å². The van der Waals surface area contributed by atoms with Crippen LogP contribution in [0.15, 0.2) is 48.5 Å². The van der Waals surface area contributed by atoms with Crippen molar-refractivity contribution >= 4 is 23.4 Å². The molecule has 2 atom stereocenters. The molecule has 3 amide bonds. The van der Waals surface area contributed by atoms with Crippen molar-refractivity contribution in [2.45, 2.75) is 39.0 Å². The number of nitrogens with zero attached hydrogens (tertiary/aromatic N) is 1. The maximum Gasteiger partial charge on any atom is 0.261 e. The number of nitrogens with one attached hydrogen (secondary N) is 1. The van der Waals surface area contributed by atoms with E-state index in [1.165, 1.54) is 10.5 Å². The van der Waals surface area contributed by atoms with Crippen molar-refractivity contribution in [1.29, 1.82) is 0 Å². The third-order valence-corrected chi connectivity index (χ3v) is 6.17. The zero-order chi connectivity index (χ0) is 20.4. The molecule has 1 saturated carbocycles. The summed E-state index contributed by atoms with van der Waals surface area (Å²) in [7, 11) is 0. The molecule has 0 radical (unpaired) electrons. The van der Waals surface area contributed by atoms with Crippen molar-refractivity contribution in [2.24, 2.45) is 11.8 Å². The first kappa shape index (κ1) is 19.4. The highest BCUT2D eigenvalue weighted by molar-refractivity contribution is 6.21. The molecule has 0 saturated heterocycles. The molecule has 0 aromatic heterocycles. The van der Waals surface area contributed by atoms with E-state index in [-0.39, 0.29) is 29.6 Å². The van der Waals surface area contributed by atoms with Crippen LogP contribution < -0.4 is 5.32 Å². The van der Waals surface area contributed by atoms with Gasteiger partial charge in [-0.1, -0.05) is 44.0 Å². The summed E-state index contributed by atoms with van der Waals surface area (Å²) in [5.41, 5.74) is 2.94. The SMILES string of the molecule is CCc1ccc(NC(=O)C2CCCCC2CN2C(=O)c3ccccc3C2=O)cc1. The van der Waals surface area contributed by atoms with Gasteiger partial charge in [0.05, 0.1) is 11.1 Å². The quantitative estimate of drug-likeness (QED) is 0.775. The van der Waals surface area contributed by atoms with Gasteiger partial charge in [0, 0.05) is 18.2 Å². The van der Waals surface area contributed by atoms with Crippen molar-refractivity contribution < 1.29 is 14.4 Å². The third-order valence-electron chi connectivity index (χ3n) is 6.17. The van der Waals surface area contributed by atoms with E-state index in [1.807, 2.05) is 24.3 Å². The van der Waals surface area contributed by atoms with Gasteiger partial charge >= 0.3 is 0 Å². The van der Waals surface area contributed by atoms with Crippen LogP contribution in [0.5, 0.6) is 0 Å². The van der Waals surface area contributed by atoms with E-state index in [2.05, 4.69) is 12.2 Å². The van der Waals surface area contributed by atoms with E-state index >= 15 is 0 Å². The van der Waals surface area contributed by atoms with E-state index in [0.717, 1.165) is 37.8 Å². The third kappa shape index (κ3) is 3.82. The largest absolute Gasteiger partial charge is 0.326 e. The summed E-state index contributed by atoms with van der Waals surface area (Å²) >= 11 is 0. The first-order valence-corrected chi connectivity index (χ1v) is 10.4. The summed E-state index contributed by atoms with van der Waals surface area (Å²) in [6, 6.07) is 14.8. The van der Waals surface area contributed by atoms with Crippen molar-refractivity contribution in [1.82, 2.24) is 4.90 Å². The van der Waals surface area contributed by atoms with Crippen LogP contribution in [0, 0.1) is 11.8 Å². The molecule has 150 valence electrons. The van der Waals surface area contributed by atoms with Gasteiger partial charge in [-0.25, -0.2) is 0 Å². The summed E-state index contributed by atoms with van der Waals surface area (Å²) in [6.45, 7) is 2.40. The van der Waals surface area contributed by atoms with Crippen molar-refractivity contribution in [3.63, 3.8) is 0 Å². The lowest BCUT2D eigenvalue weighted by Crippen LogP contribution is -2.41. The number of amides is 3. The number of hydrogen-bond acceptors (Lipinski definition) is 3. The van der Waals surface area contributed by atoms with E-state index in [1.54, 1.807) is 24.3 Å². The fourth-order valence-electron chi connectivity index (χ4n) is 4.47. The molecule has 2 aromatic rings. The lowest BCUT2D eigenvalue weighted by Gasteiger charge is -2.32. The molecule has 0 bridgehead atoms. The van der Waals surface area contributed by atoms with Gasteiger partial charge in [-0.05, 0) is 55.0 Å². The average molecular weight is 390 g/mol. The molecular formula is C24H26N2O3. The molecule has 2 unspecified atom stereocenters. The lowest BCUT2D eigenvalue weighted by molar-refractivity contribution is -0.122. The number of carbonyl (C=O) groups excluding carboxylic acids is 3. The molecule has 1 aliphatic heterocycles. The minimum absolute atomic E-state index is 0.0131. The van der Waals surface area contributed by atoms with Crippen LogP contribution in [0.3, 0.4) is 0 Å². The second-order valence-corrected chi connectivity index (χ2v) is 7.96. The molecule has 1 aliphatic carbocycles. The summed E-state index contributed by atoms with van der Waals surface area (Å²) < 4.78 is 0. The van der Waals surface area contributed by atoms with Crippen LogP contribution in [0.2, 0.25) is 0 Å². The molecule has 2 aromatic carbocycles. The fourth-order valence-corrected chi connectivity index (χ4v) is 4.47. The normalized spacial score (nSPS) is 21.2. The summed E-state index contributed by atoms with van der Waals surface area (Å²) in [5.74, 6) is -0.716. The summed E-state index contributed by atoms with van der Waals surface area (Å²) in [5, 5.41) is 3.03. The van der Waals surface area contributed by atoms with Crippen LogP contribution in [0.4, 0.5) is 5.69 Å². The molecular weight excluding hydrogens is 364 g/mol. The van der Waals surface area contributed by atoms with Crippen LogP contribution >= 0.6 is 0 Å². The summed E-state index contributed by atoms with van der Waals surface area (Å²) in [4.78, 5) is 39.7. The number of imide groups is 1. The zero-order valence-corrected chi connectivity index (χ0v) is 16.7. The van der Waals surface area contributed by atoms with Gasteiger partial charge in [0.15, 0.2) is 0 Å². The van der Waals surface area contributed by atoms with Gasteiger partial charge in [0.1, 0.15) is 0 Å². The fraction of sp³-hybridized carbons (Fsp3) is 0.375. The Morgan fingerprint density at radius 3 is 2.21 bits per heavy atom. The Balaban J connectivity index is 1.47. The Morgan fingerprint density at radius 1 is 0.966 bits per heavy atom. The molecule has 4 rings (SSSR count). The Kier molecular flexibility index (Phi) is 5.47. The van der Waals surface area contributed by atoms with Crippen molar-refractivity contribution in [3.8, 4) is 0 Å². The molecule has 29 heavy (non-hydrogen) atoms. The van der Waals surface area contributed by atoms with Gasteiger partial charge in [-0.2, -0.15) is 0 Å². The average Bonchev–Trinajstić information content (AvgIpc) is 3.00. The molecule has 1 fully saturated rings. The van der Waals surface area contributed by atoms with E-state index in [4.69, 9.17) is 0 Å². The van der Waals surface area contributed by atoms with Crippen LogP contribution in [0.25, 0.3) is 0 Å². The highest BCUT2D eigenvalue weighted by atomic mass is 16.2. The van der Waals surface area contributed by atoms with Crippen LogP contribution in [0.1, 0.15) is 58.9 Å². The summed E-state index contributed by atoms with van der Waals surface area (Å²) in [6.07, 6.45) is 4.60. The zero-order valence-electron chi connectivity index (χ0n) is 16.7. The molecule has 1 heterocycles. The topological polar surface area (TPSA) is 66.5 Å². The number of hydrogen-bond donors (Lipinski definition) is 1. The molecule has 1 N–H and O–H groups in total. The predicted octanol–water partition coefficient (Wildman–Crippen LogP) is 4.29. The van der Waals surface area contributed by atoms with E-state index in [0.29, 0.717) is 17.7 Å². The lowest BCUT2D eigenvalue weighted by atomic mass is 9.78. The second kappa shape index (κ2) is 8.19.